The predicted molar refractivity (Wildman–Crippen MR) is 85.8 cm³/mol. The lowest BCUT2D eigenvalue weighted by Crippen LogP contribution is -2.01. The fraction of sp³-hybridized carbons (Fsp3) is 0.556. The number of halogens is 3. The molecule has 0 aromatic heterocycles. The van der Waals surface area contributed by atoms with E-state index in [0.717, 1.165) is 24.8 Å². The number of benzene rings is 1. The van der Waals surface area contributed by atoms with E-state index in [1.54, 1.807) is 18.2 Å². The van der Waals surface area contributed by atoms with E-state index in [0.29, 0.717) is 11.5 Å². The molecule has 22 heavy (non-hydrogen) atoms. The summed E-state index contributed by atoms with van der Waals surface area (Å²) in [5, 5.41) is 0. The molecule has 1 aliphatic rings. The monoisotopic (exact) mass is 326 g/mol. The van der Waals surface area contributed by atoms with Crippen molar-refractivity contribution < 1.29 is 13.2 Å². The Balaban J connectivity index is 2.23. The number of thioether (sulfide) groups is 1. The van der Waals surface area contributed by atoms with E-state index >= 15 is 0 Å². The summed E-state index contributed by atoms with van der Waals surface area (Å²) in [4.78, 5) is 0.214. The van der Waals surface area contributed by atoms with Crippen LogP contribution in [0, 0.1) is 17.8 Å². The molecule has 120 valence electrons. The van der Waals surface area contributed by atoms with Crippen LogP contribution in [0.2, 0.25) is 0 Å². The van der Waals surface area contributed by atoms with Gasteiger partial charge >= 0.3 is 5.51 Å². The van der Waals surface area contributed by atoms with Gasteiger partial charge in [-0.25, -0.2) is 0 Å². The molecule has 0 amide bonds. The van der Waals surface area contributed by atoms with E-state index in [-0.39, 0.29) is 16.7 Å². The molecule has 1 aliphatic carbocycles. The summed E-state index contributed by atoms with van der Waals surface area (Å²) in [5.41, 5.74) is -2.73. The fourth-order valence-electron chi connectivity index (χ4n) is 2.71. The van der Waals surface area contributed by atoms with Gasteiger partial charge in [0.15, 0.2) is 0 Å². The molecule has 0 spiro atoms. The highest BCUT2D eigenvalue weighted by molar-refractivity contribution is 8.00. The van der Waals surface area contributed by atoms with Gasteiger partial charge in [0.1, 0.15) is 0 Å². The Bertz CT molecular complexity index is 544. The highest BCUT2D eigenvalue weighted by Gasteiger charge is 2.30. The fourth-order valence-corrected chi connectivity index (χ4v) is 3.32. The first-order chi connectivity index (χ1) is 10.5. The molecule has 1 saturated carbocycles. The second kappa shape index (κ2) is 7.97. The van der Waals surface area contributed by atoms with Crippen LogP contribution in [0.4, 0.5) is 13.2 Å². The van der Waals surface area contributed by atoms with Crippen LogP contribution in [0.25, 0.3) is 0 Å². The van der Waals surface area contributed by atoms with Gasteiger partial charge in [0.25, 0.3) is 0 Å². The molecule has 0 radical (unpaired) electrons. The Labute approximate surface area is 134 Å². The molecule has 0 heterocycles. The molecular weight excluding hydrogens is 305 g/mol. The number of hydrogen-bond acceptors (Lipinski definition) is 1. The van der Waals surface area contributed by atoms with Crippen LogP contribution in [-0.4, -0.2) is 5.51 Å². The minimum atomic E-state index is -4.27. The summed E-state index contributed by atoms with van der Waals surface area (Å²) < 4.78 is 38.0. The third-order valence-electron chi connectivity index (χ3n) is 3.94. The second-order valence-corrected chi connectivity index (χ2v) is 6.80. The van der Waals surface area contributed by atoms with E-state index < -0.39 is 5.51 Å². The Morgan fingerprint density at radius 3 is 2.41 bits per heavy atom. The van der Waals surface area contributed by atoms with Crippen LogP contribution in [0.1, 0.15) is 56.6 Å². The first-order valence-electron chi connectivity index (χ1n) is 7.88. The molecule has 4 heteroatoms. The average Bonchev–Trinajstić information content (AvgIpc) is 2.73. The maximum absolute atomic E-state index is 12.7. The summed E-state index contributed by atoms with van der Waals surface area (Å²) in [6.45, 7) is 1.99. The molecule has 2 rings (SSSR count). The van der Waals surface area contributed by atoms with Gasteiger partial charge in [0.2, 0.25) is 0 Å². The highest BCUT2D eigenvalue weighted by Crippen LogP contribution is 2.38. The predicted octanol–water partition coefficient (Wildman–Crippen LogP) is 6.18. The van der Waals surface area contributed by atoms with Crippen molar-refractivity contribution in [2.24, 2.45) is 5.92 Å². The van der Waals surface area contributed by atoms with Crippen molar-refractivity contribution in [1.82, 2.24) is 0 Å². The lowest BCUT2D eigenvalue weighted by molar-refractivity contribution is -0.0328. The van der Waals surface area contributed by atoms with E-state index in [1.807, 2.05) is 6.92 Å². The molecule has 0 bridgehead atoms. The molecule has 0 aliphatic heterocycles. The first-order valence-corrected chi connectivity index (χ1v) is 8.70. The van der Waals surface area contributed by atoms with Crippen molar-refractivity contribution in [3.8, 4) is 11.8 Å². The summed E-state index contributed by atoms with van der Waals surface area (Å²) >= 11 is -0.0652. The van der Waals surface area contributed by atoms with E-state index in [1.165, 1.54) is 25.7 Å². The number of hydrogen-bond donors (Lipinski definition) is 0. The van der Waals surface area contributed by atoms with Gasteiger partial charge in [-0.2, -0.15) is 13.2 Å². The van der Waals surface area contributed by atoms with Gasteiger partial charge in [0.05, 0.1) is 0 Å². The minimum absolute atomic E-state index is 0.0652. The quantitative estimate of drug-likeness (QED) is 0.355. The second-order valence-electron chi connectivity index (χ2n) is 5.69. The van der Waals surface area contributed by atoms with Crippen molar-refractivity contribution in [3.63, 3.8) is 0 Å². The van der Waals surface area contributed by atoms with Crippen LogP contribution in [-0.2, 0) is 6.42 Å². The zero-order valence-corrected chi connectivity index (χ0v) is 13.6. The highest BCUT2D eigenvalue weighted by atomic mass is 32.2. The van der Waals surface area contributed by atoms with Crippen LogP contribution in [0.3, 0.4) is 0 Å². The van der Waals surface area contributed by atoms with Crippen molar-refractivity contribution in [3.05, 3.63) is 29.3 Å². The topological polar surface area (TPSA) is 0 Å². The molecule has 0 N–H and O–H groups in total. The molecule has 0 unspecified atom stereocenters. The largest absolute Gasteiger partial charge is 0.446 e. The average molecular weight is 326 g/mol. The van der Waals surface area contributed by atoms with Crippen LogP contribution in [0.15, 0.2) is 23.1 Å². The van der Waals surface area contributed by atoms with Crippen LogP contribution in [0.5, 0.6) is 0 Å². The van der Waals surface area contributed by atoms with Crippen molar-refractivity contribution in [2.75, 3.05) is 0 Å². The Kier molecular flexibility index (Phi) is 6.26. The standard InChI is InChI=1S/C18H21F3S/c1-2-14-10-12-17(22-18(19,20)21)16(13-14)11-9-15-7-5-3-4-6-8-15/h10,12-13,15H,2-8H2,1H3. The van der Waals surface area contributed by atoms with E-state index in [2.05, 4.69) is 11.8 Å². The van der Waals surface area contributed by atoms with Gasteiger partial charge in [-0.15, -0.1) is 0 Å². The van der Waals surface area contributed by atoms with Gasteiger partial charge in [-0.1, -0.05) is 50.5 Å². The van der Waals surface area contributed by atoms with E-state index in [9.17, 15) is 13.2 Å². The lowest BCUT2D eigenvalue weighted by Gasteiger charge is -2.10. The molecule has 1 aromatic carbocycles. The van der Waals surface area contributed by atoms with Crippen molar-refractivity contribution in [2.45, 2.75) is 62.3 Å². The molecule has 1 aromatic rings. The summed E-state index contributed by atoms with van der Waals surface area (Å²) in [6, 6.07) is 5.11. The first kappa shape index (κ1) is 17.3. The van der Waals surface area contributed by atoms with Crippen molar-refractivity contribution >= 4 is 11.8 Å². The van der Waals surface area contributed by atoms with Gasteiger partial charge in [-0.05, 0) is 48.7 Å². The normalized spacial score (nSPS) is 16.7. The summed E-state index contributed by atoms with van der Waals surface area (Å²) in [5.74, 6) is 6.59. The Hall–Kier alpha value is -1.08. The third-order valence-corrected chi connectivity index (χ3v) is 4.75. The lowest BCUT2D eigenvalue weighted by atomic mass is 10.0. The summed E-state index contributed by atoms with van der Waals surface area (Å²) in [6.07, 6.45) is 7.80. The summed E-state index contributed by atoms with van der Waals surface area (Å²) in [7, 11) is 0. The number of alkyl halides is 3. The smallest absolute Gasteiger partial charge is 0.160 e. The Morgan fingerprint density at radius 2 is 1.82 bits per heavy atom. The molecule has 0 atom stereocenters. The maximum atomic E-state index is 12.7. The SMILES string of the molecule is CCc1ccc(SC(F)(F)F)c(C#CC2CCCCCC2)c1. The zero-order chi connectivity index (χ0) is 16.0. The number of rotatable bonds is 2. The number of aryl methyl sites for hydroxylation is 1. The van der Waals surface area contributed by atoms with Gasteiger partial charge < -0.3 is 0 Å². The Morgan fingerprint density at radius 1 is 1.14 bits per heavy atom. The van der Waals surface area contributed by atoms with Crippen LogP contribution < -0.4 is 0 Å². The molecule has 1 fully saturated rings. The van der Waals surface area contributed by atoms with Crippen LogP contribution >= 0.6 is 11.8 Å². The van der Waals surface area contributed by atoms with E-state index in [4.69, 9.17) is 0 Å². The minimum Gasteiger partial charge on any atom is -0.160 e. The molecule has 0 saturated heterocycles. The maximum Gasteiger partial charge on any atom is 0.446 e. The molecule has 0 nitrogen and oxygen atoms in total. The van der Waals surface area contributed by atoms with Gasteiger partial charge in [-0.3, -0.25) is 0 Å². The van der Waals surface area contributed by atoms with Gasteiger partial charge in [0, 0.05) is 16.4 Å². The third kappa shape index (κ3) is 5.61. The molecular formula is C18H21F3S. The zero-order valence-electron chi connectivity index (χ0n) is 12.8. The van der Waals surface area contributed by atoms with Crippen molar-refractivity contribution in [1.29, 1.82) is 0 Å².